The van der Waals surface area contributed by atoms with E-state index in [1.165, 1.54) is 109 Å². The molecule has 0 saturated carbocycles. The second-order valence-electron chi connectivity index (χ2n) is 17.8. The lowest BCUT2D eigenvalue weighted by Crippen LogP contribution is -2.30. The molecule has 0 aliphatic heterocycles. The number of esters is 3. The Morgan fingerprint density at radius 2 is 0.578 bits per heavy atom. The number of allylic oxidation sites excluding steroid dienone is 12. The Hall–Kier alpha value is -3.15. The summed E-state index contributed by atoms with van der Waals surface area (Å²) in [6.07, 6.45) is 65.9. The van der Waals surface area contributed by atoms with E-state index in [4.69, 9.17) is 14.2 Å². The Morgan fingerprint density at radius 1 is 0.312 bits per heavy atom. The van der Waals surface area contributed by atoms with E-state index < -0.39 is 6.10 Å². The first-order valence-electron chi connectivity index (χ1n) is 26.9. The van der Waals surface area contributed by atoms with Crippen LogP contribution in [0.25, 0.3) is 0 Å². The Morgan fingerprint density at radius 3 is 0.969 bits per heavy atom. The first-order chi connectivity index (χ1) is 31.5. The fourth-order valence-corrected chi connectivity index (χ4v) is 7.28. The van der Waals surface area contributed by atoms with Crippen molar-refractivity contribution in [1.29, 1.82) is 0 Å². The summed E-state index contributed by atoms with van der Waals surface area (Å²) in [5.41, 5.74) is 0. The summed E-state index contributed by atoms with van der Waals surface area (Å²) in [5.74, 6) is -0.928. The van der Waals surface area contributed by atoms with Crippen LogP contribution < -0.4 is 0 Å². The van der Waals surface area contributed by atoms with Crippen molar-refractivity contribution in [3.8, 4) is 0 Å². The molecule has 0 spiro atoms. The summed E-state index contributed by atoms with van der Waals surface area (Å²) in [5, 5.41) is 0. The normalized spacial score (nSPS) is 12.6. The van der Waals surface area contributed by atoms with E-state index >= 15 is 0 Å². The van der Waals surface area contributed by atoms with Crippen LogP contribution in [0.5, 0.6) is 0 Å². The maximum absolute atomic E-state index is 12.8. The van der Waals surface area contributed by atoms with Crippen molar-refractivity contribution in [2.24, 2.45) is 0 Å². The lowest BCUT2D eigenvalue weighted by molar-refractivity contribution is -0.167. The van der Waals surface area contributed by atoms with E-state index in [1.54, 1.807) is 0 Å². The van der Waals surface area contributed by atoms with Crippen molar-refractivity contribution in [1.82, 2.24) is 0 Å². The molecule has 0 amide bonds. The molecule has 0 aromatic rings. The molecule has 368 valence electrons. The van der Waals surface area contributed by atoms with Gasteiger partial charge in [0.2, 0.25) is 0 Å². The smallest absolute Gasteiger partial charge is 0.306 e. The van der Waals surface area contributed by atoms with Gasteiger partial charge < -0.3 is 14.2 Å². The number of hydrogen-bond acceptors (Lipinski definition) is 6. The Kier molecular flexibility index (Phi) is 49.9. The summed E-state index contributed by atoms with van der Waals surface area (Å²) in [6, 6.07) is 0. The van der Waals surface area contributed by atoms with E-state index in [9.17, 15) is 14.4 Å². The number of unbranched alkanes of at least 4 members (excludes halogenated alkanes) is 25. The third kappa shape index (κ3) is 49.9. The number of hydrogen-bond donors (Lipinski definition) is 0. The maximum Gasteiger partial charge on any atom is 0.306 e. The zero-order valence-corrected chi connectivity index (χ0v) is 42.0. The van der Waals surface area contributed by atoms with Gasteiger partial charge >= 0.3 is 17.9 Å². The van der Waals surface area contributed by atoms with Gasteiger partial charge in [-0.3, -0.25) is 14.4 Å². The molecule has 0 unspecified atom stereocenters. The third-order valence-electron chi connectivity index (χ3n) is 11.4. The van der Waals surface area contributed by atoms with Crippen LogP contribution >= 0.6 is 0 Å². The highest BCUT2D eigenvalue weighted by molar-refractivity contribution is 5.71. The quantitative estimate of drug-likeness (QED) is 0.0262. The molecule has 0 aromatic carbocycles. The molecule has 0 aliphatic rings. The lowest BCUT2D eigenvalue weighted by Gasteiger charge is -2.18. The predicted octanol–water partition coefficient (Wildman–Crippen LogP) is 17.8. The molecule has 6 nitrogen and oxygen atoms in total. The topological polar surface area (TPSA) is 78.9 Å². The van der Waals surface area contributed by atoms with E-state index in [1.807, 2.05) is 0 Å². The predicted molar refractivity (Wildman–Crippen MR) is 274 cm³/mol. The molecule has 0 aromatic heterocycles. The highest BCUT2D eigenvalue weighted by atomic mass is 16.6. The standard InChI is InChI=1S/C58H100O6/c1-4-7-10-13-16-19-22-25-28-29-31-33-36-39-42-45-48-51-57(60)63-54-55(53-62-56(59)50-47-44-41-38-35-32-27-24-21-18-15-12-9-6-3)64-58(61)52-49-46-43-40-37-34-30-26-23-20-17-14-11-8-5-2/h15-16,18-20,23-25,27-28,31,33,55H,4-14,17,21-22,26,29-30,32,34-54H2,1-3H3/b18-15+,19-16+,23-20+,27-24+,28-25+,33-31+/t55-/m1/s1. The zero-order chi connectivity index (χ0) is 46.5. The first-order valence-corrected chi connectivity index (χ1v) is 26.9. The minimum atomic E-state index is -0.792. The number of rotatable bonds is 48. The highest BCUT2D eigenvalue weighted by Gasteiger charge is 2.19. The summed E-state index contributed by atoms with van der Waals surface area (Å²) in [7, 11) is 0. The minimum absolute atomic E-state index is 0.0918. The largest absolute Gasteiger partial charge is 0.462 e. The van der Waals surface area contributed by atoms with E-state index in [2.05, 4.69) is 93.7 Å². The molecule has 0 bridgehead atoms. The average Bonchev–Trinajstić information content (AvgIpc) is 3.29. The van der Waals surface area contributed by atoms with Crippen molar-refractivity contribution >= 4 is 17.9 Å². The molecule has 0 saturated heterocycles. The van der Waals surface area contributed by atoms with Crippen LogP contribution in [0.4, 0.5) is 0 Å². The fourth-order valence-electron chi connectivity index (χ4n) is 7.28. The SMILES string of the molecule is CCCC/C=C/C/C=C/CCCCCCCC(=O)OC[C@H](COC(=O)CCCCCC/C=C/C/C=C/C/C=C/CCCCC)OC(=O)CCCCCCCCC/C=C/CCCCCC. The van der Waals surface area contributed by atoms with Crippen molar-refractivity contribution < 1.29 is 28.6 Å². The van der Waals surface area contributed by atoms with Crippen molar-refractivity contribution in [2.45, 2.75) is 264 Å². The van der Waals surface area contributed by atoms with Gasteiger partial charge in [0, 0.05) is 19.3 Å². The van der Waals surface area contributed by atoms with Crippen molar-refractivity contribution in [2.75, 3.05) is 13.2 Å². The molecule has 64 heavy (non-hydrogen) atoms. The second-order valence-corrected chi connectivity index (χ2v) is 17.8. The van der Waals surface area contributed by atoms with Gasteiger partial charge in [-0.25, -0.2) is 0 Å². The molecular formula is C58H100O6. The monoisotopic (exact) mass is 893 g/mol. The molecular weight excluding hydrogens is 793 g/mol. The minimum Gasteiger partial charge on any atom is -0.462 e. The maximum atomic E-state index is 12.8. The zero-order valence-electron chi connectivity index (χ0n) is 42.0. The van der Waals surface area contributed by atoms with Crippen LogP contribution in [0.3, 0.4) is 0 Å². The summed E-state index contributed by atoms with van der Waals surface area (Å²) in [6.45, 7) is 6.53. The van der Waals surface area contributed by atoms with E-state index in [0.29, 0.717) is 19.3 Å². The van der Waals surface area contributed by atoms with Crippen LogP contribution in [0, 0.1) is 0 Å². The van der Waals surface area contributed by atoms with Crippen LogP contribution in [0.15, 0.2) is 72.9 Å². The molecule has 1 atom stereocenters. The molecule has 0 rings (SSSR count). The number of carbonyl (C=O) groups is 3. The van der Waals surface area contributed by atoms with Crippen LogP contribution in [0.2, 0.25) is 0 Å². The molecule has 0 N–H and O–H groups in total. The van der Waals surface area contributed by atoms with Gasteiger partial charge in [-0.15, -0.1) is 0 Å². The Labute approximate surface area is 395 Å². The van der Waals surface area contributed by atoms with Gasteiger partial charge in [-0.05, 0) is 109 Å². The van der Waals surface area contributed by atoms with Crippen LogP contribution in [-0.4, -0.2) is 37.2 Å². The molecule has 0 heterocycles. The summed E-state index contributed by atoms with van der Waals surface area (Å²) < 4.78 is 16.8. The molecule has 0 fully saturated rings. The average molecular weight is 893 g/mol. The molecule has 6 heteroatoms. The summed E-state index contributed by atoms with van der Waals surface area (Å²) >= 11 is 0. The third-order valence-corrected chi connectivity index (χ3v) is 11.4. The van der Waals surface area contributed by atoms with Gasteiger partial charge in [-0.2, -0.15) is 0 Å². The number of ether oxygens (including phenoxy) is 3. The van der Waals surface area contributed by atoms with Crippen molar-refractivity contribution in [3.63, 3.8) is 0 Å². The first kappa shape index (κ1) is 60.9. The van der Waals surface area contributed by atoms with Crippen molar-refractivity contribution in [3.05, 3.63) is 72.9 Å². The van der Waals surface area contributed by atoms with Crippen LogP contribution in [0.1, 0.15) is 258 Å². The number of carbonyl (C=O) groups excluding carboxylic acids is 3. The van der Waals surface area contributed by atoms with Gasteiger partial charge in [0.15, 0.2) is 6.10 Å². The Balaban J connectivity index is 4.45. The fraction of sp³-hybridized carbons (Fsp3) is 0.741. The van der Waals surface area contributed by atoms with Crippen LogP contribution in [-0.2, 0) is 28.6 Å². The lowest BCUT2D eigenvalue weighted by atomic mass is 10.1. The van der Waals surface area contributed by atoms with Gasteiger partial charge in [-0.1, -0.05) is 203 Å². The van der Waals surface area contributed by atoms with Gasteiger partial charge in [0.25, 0.3) is 0 Å². The highest BCUT2D eigenvalue weighted by Crippen LogP contribution is 2.14. The Bertz CT molecular complexity index is 1210. The van der Waals surface area contributed by atoms with Gasteiger partial charge in [0.1, 0.15) is 13.2 Å². The summed E-state index contributed by atoms with van der Waals surface area (Å²) in [4.78, 5) is 38.0. The molecule has 0 radical (unpaired) electrons. The van der Waals surface area contributed by atoms with Gasteiger partial charge in [0.05, 0.1) is 0 Å². The van der Waals surface area contributed by atoms with E-state index in [0.717, 1.165) is 109 Å². The van der Waals surface area contributed by atoms with E-state index in [-0.39, 0.29) is 31.1 Å². The molecule has 0 aliphatic carbocycles. The second kappa shape index (κ2) is 52.5.